The summed E-state index contributed by atoms with van der Waals surface area (Å²) < 4.78 is 4.82. The SMILES string of the molecule is COC1[CH]N(C)C(=O)N1. The van der Waals surface area contributed by atoms with Gasteiger partial charge in [-0.15, -0.1) is 0 Å². The van der Waals surface area contributed by atoms with Crippen molar-refractivity contribution < 1.29 is 9.53 Å². The van der Waals surface area contributed by atoms with Gasteiger partial charge in [-0.05, 0) is 0 Å². The van der Waals surface area contributed by atoms with E-state index in [4.69, 9.17) is 4.74 Å². The van der Waals surface area contributed by atoms with E-state index < -0.39 is 0 Å². The number of hydrogen-bond acceptors (Lipinski definition) is 2. The van der Waals surface area contributed by atoms with Crippen LogP contribution in [0.4, 0.5) is 4.79 Å². The summed E-state index contributed by atoms with van der Waals surface area (Å²) in [7, 11) is 3.22. The highest BCUT2D eigenvalue weighted by Crippen LogP contribution is 2.04. The molecule has 2 amide bonds. The lowest BCUT2D eigenvalue weighted by atomic mass is 10.6. The van der Waals surface area contributed by atoms with E-state index in [2.05, 4.69) is 5.32 Å². The molecule has 1 unspecified atom stereocenters. The monoisotopic (exact) mass is 129 g/mol. The van der Waals surface area contributed by atoms with Crippen molar-refractivity contribution in [1.29, 1.82) is 0 Å². The minimum atomic E-state index is -0.248. The van der Waals surface area contributed by atoms with Gasteiger partial charge in [-0.1, -0.05) is 0 Å². The van der Waals surface area contributed by atoms with Crippen molar-refractivity contribution in [3.63, 3.8) is 0 Å². The summed E-state index contributed by atoms with van der Waals surface area (Å²) in [5.41, 5.74) is 0. The molecule has 0 saturated carbocycles. The van der Waals surface area contributed by atoms with Crippen molar-refractivity contribution in [3.05, 3.63) is 6.54 Å². The molecule has 1 rings (SSSR count). The number of carbonyl (C=O) groups is 1. The molecule has 0 spiro atoms. The highest BCUT2D eigenvalue weighted by molar-refractivity contribution is 5.77. The quantitative estimate of drug-likeness (QED) is 0.531. The first-order valence-corrected chi connectivity index (χ1v) is 2.65. The van der Waals surface area contributed by atoms with Crippen molar-refractivity contribution in [3.8, 4) is 0 Å². The number of rotatable bonds is 1. The van der Waals surface area contributed by atoms with Crippen LogP contribution in [0.25, 0.3) is 0 Å². The predicted octanol–water partition coefficient (Wildman–Crippen LogP) is -0.224. The number of hydrogen-bond donors (Lipinski definition) is 1. The summed E-state index contributed by atoms with van der Waals surface area (Å²) in [5.74, 6) is 0. The average molecular weight is 129 g/mol. The Bertz CT molecular complexity index is 126. The van der Waals surface area contributed by atoms with E-state index in [-0.39, 0.29) is 12.3 Å². The first-order valence-electron chi connectivity index (χ1n) is 2.65. The molecule has 0 aliphatic carbocycles. The van der Waals surface area contributed by atoms with E-state index in [0.29, 0.717) is 0 Å². The van der Waals surface area contributed by atoms with Crippen LogP contribution in [0.15, 0.2) is 0 Å². The molecule has 1 radical (unpaired) electrons. The normalized spacial score (nSPS) is 26.7. The van der Waals surface area contributed by atoms with Gasteiger partial charge in [0.15, 0.2) is 6.23 Å². The second kappa shape index (κ2) is 2.23. The molecule has 1 aliphatic heterocycles. The molecule has 1 saturated heterocycles. The molecule has 1 fully saturated rings. The maximum absolute atomic E-state index is 10.6. The molecule has 1 aliphatic rings. The Labute approximate surface area is 53.8 Å². The fraction of sp³-hybridized carbons (Fsp3) is 0.600. The summed E-state index contributed by atoms with van der Waals surface area (Å²) in [5, 5.41) is 2.56. The number of nitrogens with one attached hydrogen (secondary N) is 1. The van der Waals surface area contributed by atoms with Crippen LogP contribution in [-0.4, -0.2) is 31.3 Å². The zero-order chi connectivity index (χ0) is 6.85. The number of urea groups is 1. The van der Waals surface area contributed by atoms with Crippen LogP contribution in [0.1, 0.15) is 0 Å². The van der Waals surface area contributed by atoms with E-state index >= 15 is 0 Å². The Morgan fingerprint density at radius 1 is 1.89 bits per heavy atom. The number of likely N-dealkylation sites (N-methyl/N-ethyl adjacent to an activating group) is 1. The van der Waals surface area contributed by atoms with Gasteiger partial charge < -0.3 is 15.0 Å². The van der Waals surface area contributed by atoms with Crippen molar-refractivity contribution in [2.75, 3.05) is 14.2 Å². The van der Waals surface area contributed by atoms with E-state index in [9.17, 15) is 4.79 Å². The zero-order valence-electron chi connectivity index (χ0n) is 5.42. The molecule has 0 bridgehead atoms. The van der Waals surface area contributed by atoms with Crippen LogP contribution >= 0.6 is 0 Å². The van der Waals surface area contributed by atoms with Crippen LogP contribution in [0.5, 0.6) is 0 Å². The molecular weight excluding hydrogens is 120 g/mol. The fourth-order valence-electron chi connectivity index (χ4n) is 0.651. The number of methoxy groups -OCH3 is 1. The van der Waals surface area contributed by atoms with Gasteiger partial charge in [0.25, 0.3) is 0 Å². The summed E-state index contributed by atoms with van der Waals surface area (Å²) in [6.45, 7) is 1.67. The summed E-state index contributed by atoms with van der Waals surface area (Å²) in [6.07, 6.45) is -0.248. The lowest BCUT2D eigenvalue weighted by molar-refractivity contribution is 0.116. The topological polar surface area (TPSA) is 41.6 Å². The van der Waals surface area contributed by atoms with Gasteiger partial charge in [0.1, 0.15) is 6.54 Å². The first kappa shape index (κ1) is 6.35. The molecule has 4 nitrogen and oxygen atoms in total. The summed E-state index contributed by atoms with van der Waals surface area (Å²) >= 11 is 0. The maximum atomic E-state index is 10.6. The third-order valence-electron chi connectivity index (χ3n) is 1.20. The van der Waals surface area contributed by atoms with Gasteiger partial charge in [0.2, 0.25) is 0 Å². The fourth-order valence-corrected chi connectivity index (χ4v) is 0.651. The first-order chi connectivity index (χ1) is 4.24. The van der Waals surface area contributed by atoms with Gasteiger partial charge in [0.05, 0.1) is 0 Å². The second-order valence-electron chi connectivity index (χ2n) is 1.87. The second-order valence-corrected chi connectivity index (χ2v) is 1.87. The molecule has 1 N–H and O–H groups in total. The summed E-state index contributed by atoms with van der Waals surface area (Å²) in [6, 6.07) is -0.123. The van der Waals surface area contributed by atoms with E-state index in [1.54, 1.807) is 20.7 Å². The molecule has 1 atom stereocenters. The van der Waals surface area contributed by atoms with Crippen LogP contribution in [0, 0.1) is 6.54 Å². The number of amides is 2. The molecule has 9 heavy (non-hydrogen) atoms. The smallest absolute Gasteiger partial charge is 0.319 e. The lowest BCUT2D eigenvalue weighted by Gasteiger charge is -2.03. The predicted molar refractivity (Wildman–Crippen MR) is 31.4 cm³/mol. The van der Waals surface area contributed by atoms with Crippen molar-refractivity contribution in [1.82, 2.24) is 10.2 Å². The Morgan fingerprint density at radius 3 is 2.78 bits per heavy atom. The van der Waals surface area contributed by atoms with Crippen LogP contribution < -0.4 is 5.32 Å². The van der Waals surface area contributed by atoms with Crippen molar-refractivity contribution in [2.24, 2.45) is 0 Å². The van der Waals surface area contributed by atoms with Crippen LogP contribution in [0.2, 0.25) is 0 Å². The van der Waals surface area contributed by atoms with Crippen molar-refractivity contribution in [2.45, 2.75) is 6.23 Å². The third-order valence-corrected chi connectivity index (χ3v) is 1.20. The number of carbonyl (C=O) groups excluding carboxylic acids is 1. The molecule has 51 valence electrons. The van der Waals surface area contributed by atoms with Crippen molar-refractivity contribution >= 4 is 6.03 Å². The van der Waals surface area contributed by atoms with Gasteiger partial charge in [-0.2, -0.15) is 0 Å². The van der Waals surface area contributed by atoms with E-state index in [1.165, 1.54) is 4.90 Å². The molecular formula is C5H9N2O2. The van der Waals surface area contributed by atoms with Gasteiger partial charge in [0, 0.05) is 14.2 Å². The molecule has 1 heterocycles. The minimum Gasteiger partial charge on any atom is -0.359 e. The molecule has 0 aromatic heterocycles. The van der Waals surface area contributed by atoms with Crippen LogP contribution in [-0.2, 0) is 4.74 Å². The highest BCUT2D eigenvalue weighted by atomic mass is 16.5. The van der Waals surface area contributed by atoms with Gasteiger partial charge >= 0.3 is 6.03 Å². The Kier molecular flexibility index (Phi) is 1.57. The Balaban J connectivity index is 2.44. The van der Waals surface area contributed by atoms with Gasteiger partial charge in [-0.25, -0.2) is 4.79 Å². The standard InChI is InChI=1S/C5H9N2O2/c1-7-3-4(9-2)6-5(7)8/h3-4H,1-2H3,(H,6,8). The zero-order valence-corrected chi connectivity index (χ0v) is 5.42. The third kappa shape index (κ3) is 1.13. The molecule has 4 heteroatoms. The minimum absolute atomic E-state index is 0.123. The molecule has 0 aromatic carbocycles. The number of ether oxygens (including phenoxy) is 1. The Hall–Kier alpha value is -0.770. The van der Waals surface area contributed by atoms with E-state index in [1.807, 2.05) is 0 Å². The van der Waals surface area contributed by atoms with Crippen LogP contribution in [0.3, 0.4) is 0 Å². The summed E-state index contributed by atoms with van der Waals surface area (Å²) in [4.78, 5) is 12.1. The van der Waals surface area contributed by atoms with E-state index in [0.717, 1.165) is 0 Å². The lowest BCUT2D eigenvalue weighted by Crippen LogP contribution is -2.27. The highest BCUT2D eigenvalue weighted by Gasteiger charge is 2.25. The largest absolute Gasteiger partial charge is 0.359 e. The Morgan fingerprint density at radius 2 is 2.56 bits per heavy atom. The van der Waals surface area contributed by atoms with Gasteiger partial charge in [-0.3, -0.25) is 0 Å². The average Bonchev–Trinajstić information content (AvgIpc) is 2.13. The number of nitrogens with zero attached hydrogens (tertiary/aromatic N) is 1. The molecule has 0 aromatic rings. The maximum Gasteiger partial charge on any atom is 0.319 e.